The van der Waals surface area contributed by atoms with Gasteiger partial charge in [0.05, 0.1) is 33.5 Å². The topological polar surface area (TPSA) is 35.6 Å². The van der Waals surface area contributed by atoms with Gasteiger partial charge in [0.1, 0.15) is 5.82 Å². The van der Waals surface area contributed by atoms with Gasteiger partial charge in [0.15, 0.2) is 0 Å². The van der Waals surface area contributed by atoms with E-state index in [9.17, 15) is 0 Å². The molecule has 0 N–H and O–H groups in total. The first-order valence-electron chi connectivity index (χ1n) is 15.3. The molecule has 0 amide bonds. The zero-order chi connectivity index (χ0) is 29.9. The van der Waals surface area contributed by atoms with Crippen LogP contribution >= 0.6 is 0 Å². The summed E-state index contributed by atoms with van der Waals surface area (Å²) in [5.41, 5.74) is 10.9. The van der Waals surface area contributed by atoms with Crippen LogP contribution in [0.25, 0.3) is 77.5 Å². The third-order valence-electron chi connectivity index (χ3n) is 8.80. The van der Waals surface area contributed by atoms with Crippen LogP contribution in [0.1, 0.15) is 5.82 Å². The fourth-order valence-electron chi connectivity index (χ4n) is 6.87. The van der Waals surface area contributed by atoms with Gasteiger partial charge in [-0.05, 0) is 61.5 Å². The third kappa shape index (κ3) is 4.07. The third-order valence-corrected chi connectivity index (χ3v) is 8.80. The summed E-state index contributed by atoms with van der Waals surface area (Å²) in [5, 5.41) is 5.01. The van der Waals surface area contributed by atoms with Crippen LogP contribution in [0.3, 0.4) is 0 Å². The van der Waals surface area contributed by atoms with E-state index in [4.69, 9.17) is 9.97 Å². The number of rotatable bonds is 4. The fourth-order valence-corrected chi connectivity index (χ4v) is 6.87. The molecule has 4 nitrogen and oxygen atoms in total. The highest BCUT2D eigenvalue weighted by atomic mass is 15.0. The molecular formula is C41H28N4. The van der Waals surface area contributed by atoms with Gasteiger partial charge in [-0.2, -0.15) is 0 Å². The highest BCUT2D eigenvalue weighted by molar-refractivity contribution is 6.10. The van der Waals surface area contributed by atoms with Crippen molar-refractivity contribution in [1.82, 2.24) is 19.1 Å². The summed E-state index contributed by atoms with van der Waals surface area (Å²) < 4.78 is 4.69. The molecule has 0 saturated carbocycles. The van der Waals surface area contributed by atoms with Crippen molar-refractivity contribution < 1.29 is 0 Å². The minimum atomic E-state index is 0.743. The van der Waals surface area contributed by atoms with Crippen LogP contribution in [0.4, 0.5) is 0 Å². The lowest BCUT2D eigenvalue weighted by Crippen LogP contribution is -1.98. The van der Waals surface area contributed by atoms with Gasteiger partial charge in [0, 0.05) is 44.0 Å². The molecule has 0 bridgehead atoms. The molecule has 0 aliphatic carbocycles. The normalized spacial score (nSPS) is 11.7. The Kier molecular flexibility index (Phi) is 5.69. The molecule has 6 aromatic carbocycles. The SMILES string of the molecule is Cc1nc(-c2cccc(-n3c4ccccc4c4ccccc43)c2)cc(-c2cccc(-n3c4ccccc4c4ccccc43)c2)n1. The zero-order valence-electron chi connectivity index (χ0n) is 24.7. The summed E-state index contributed by atoms with van der Waals surface area (Å²) in [6.45, 7) is 1.97. The Morgan fingerprint density at radius 2 is 0.733 bits per heavy atom. The average Bonchev–Trinajstić information content (AvgIpc) is 3.61. The van der Waals surface area contributed by atoms with Gasteiger partial charge in [0.25, 0.3) is 0 Å². The van der Waals surface area contributed by atoms with Gasteiger partial charge in [-0.15, -0.1) is 0 Å². The number of para-hydroxylation sites is 4. The first kappa shape index (κ1) is 25.5. The zero-order valence-corrected chi connectivity index (χ0v) is 24.7. The van der Waals surface area contributed by atoms with Crippen LogP contribution in [0, 0.1) is 6.92 Å². The van der Waals surface area contributed by atoms with Crippen molar-refractivity contribution in [2.75, 3.05) is 0 Å². The van der Waals surface area contributed by atoms with Gasteiger partial charge < -0.3 is 9.13 Å². The molecule has 0 spiro atoms. The molecule has 0 atom stereocenters. The van der Waals surface area contributed by atoms with Crippen molar-refractivity contribution in [1.29, 1.82) is 0 Å². The summed E-state index contributed by atoms with van der Waals surface area (Å²) in [7, 11) is 0. The molecule has 9 rings (SSSR count). The standard InChI is InChI=1S/C41H28N4/c1-27-42-36(28-12-10-14-30(24-28)44-38-20-6-2-16-32(38)33-17-3-7-21-39(33)44)26-37(43-27)29-13-11-15-31(25-29)45-40-22-8-4-18-34(40)35-19-5-9-23-41(35)45/h2-26H,1H3. The Bertz CT molecular complexity index is 2290. The number of fused-ring (bicyclic) bond motifs is 6. The molecule has 3 heterocycles. The van der Waals surface area contributed by atoms with Crippen molar-refractivity contribution in [2.24, 2.45) is 0 Å². The van der Waals surface area contributed by atoms with E-state index in [0.29, 0.717) is 0 Å². The minimum Gasteiger partial charge on any atom is -0.309 e. The van der Waals surface area contributed by atoms with Gasteiger partial charge in [0.2, 0.25) is 0 Å². The number of benzene rings is 6. The first-order chi connectivity index (χ1) is 22.2. The van der Waals surface area contributed by atoms with Crippen molar-refractivity contribution >= 4 is 43.6 Å². The Morgan fingerprint density at radius 3 is 1.11 bits per heavy atom. The Morgan fingerprint density at radius 1 is 0.378 bits per heavy atom. The second kappa shape index (κ2) is 10.0. The van der Waals surface area contributed by atoms with Crippen LogP contribution < -0.4 is 0 Å². The molecule has 45 heavy (non-hydrogen) atoms. The maximum absolute atomic E-state index is 4.91. The van der Waals surface area contributed by atoms with Crippen LogP contribution in [0.15, 0.2) is 152 Å². The Balaban J connectivity index is 1.17. The second-order valence-electron chi connectivity index (χ2n) is 11.5. The van der Waals surface area contributed by atoms with Crippen LogP contribution in [0.5, 0.6) is 0 Å². The number of hydrogen-bond donors (Lipinski definition) is 0. The molecule has 0 aliphatic heterocycles. The highest BCUT2D eigenvalue weighted by Crippen LogP contribution is 2.35. The van der Waals surface area contributed by atoms with Crippen LogP contribution in [0.2, 0.25) is 0 Å². The van der Waals surface area contributed by atoms with Crippen LogP contribution in [-0.2, 0) is 0 Å². The molecule has 9 aromatic rings. The molecule has 0 saturated heterocycles. The van der Waals surface area contributed by atoms with E-state index < -0.39 is 0 Å². The van der Waals surface area contributed by atoms with E-state index in [1.807, 2.05) is 6.92 Å². The lowest BCUT2D eigenvalue weighted by Gasteiger charge is -2.12. The minimum absolute atomic E-state index is 0.743. The second-order valence-corrected chi connectivity index (χ2v) is 11.5. The monoisotopic (exact) mass is 576 g/mol. The maximum atomic E-state index is 4.91. The van der Waals surface area contributed by atoms with E-state index in [-0.39, 0.29) is 0 Å². The predicted molar refractivity (Wildman–Crippen MR) is 186 cm³/mol. The number of aryl methyl sites for hydroxylation is 1. The number of aromatic nitrogens is 4. The van der Waals surface area contributed by atoms with E-state index in [2.05, 4.69) is 161 Å². The van der Waals surface area contributed by atoms with Gasteiger partial charge in [-0.3, -0.25) is 0 Å². The molecule has 0 fully saturated rings. The Hall–Kier alpha value is -6.00. The quantitative estimate of drug-likeness (QED) is 0.209. The van der Waals surface area contributed by atoms with Crippen molar-refractivity contribution in [3.63, 3.8) is 0 Å². The van der Waals surface area contributed by atoms with Crippen LogP contribution in [-0.4, -0.2) is 19.1 Å². The summed E-state index contributed by atoms with van der Waals surface area (Å²) in [6.07, 6.45) is 0. The summed E-state index contributed by atoms with van der Waals surface area (Å²) in [6, 6.07) is 53.9. The van der Waals surface area contributed by atoms with Crippen molar-refractivity contribution in [2.45, 2.75) is 6.92 Å². The van der Waals surface area contributed by atoms with E-state index in [0.717, 1.165) is 39.7 Å². The summed E-state index contributed by atoms with van der Waals surface area (Å²) in [4.78, 5) is 9.81. The first-order valence-corrected chi connectivity index (χ1v) is 15.3. The van der Waals surface area contributed by atoms with Gasteiger partial charge in [-0.1, -0.05) is 97.1 Å². The van der Waals surface area contributed by atoms with Crippen molar-refractivity contribution in [3.05, 3.63) is 157 Å². The molecular weight excluding hydrogens is 548 g/mol. The van der Waals surface area contributed by atoms with Crippen molar-refractivity contribution in [3.8, 4) is 33.9 Å². The lowest BCUT2D eigenvalue weighted by atomic mass is 10.1. The number of nitrogens with zero attached hydrogens (tertiary/aromatic N) is 4. The lowest BCUT2D eigenvalue weighted by molar-refractivity contribution is 1.06. The molecule has 3 aromatic heterocycles. The van der Waals surface area contributed by atoms with E-state index in [1.165, 1.54) is 43.6 Å². The molecule has 4 heteroatoms. The smallest absolute Gasteiger partial charge is 0.126 e. The molecule has 0 radical (unpaired) electrons. The van der Waals surface area contributed by atoms with E-state index >= 15 is 0 Å². The highest BCUT2D eigenvalue weighted by Gasteiger charge is 2.15. The largest absolute Gasteiger partial charge is 0.309 e. The average molecular weight is 577 g/mol. The molecule has 0 unspecified atom stereocenters. The number of hydrogen-bond acceptors (Lipinski definition) is 2. The maximum Gasteiger partial charge on any atom is 0.126 e. The predicted octanol–water partition coefficient (Wildman–Crippen LogP) is 10.3. The summed E-state index contributed by atoms with van der Waals surface area (Å²) >= 11 is 0. The summed E-state index contributed by atoms with van der Waals surface area (Å²) in [5.74, 6) is 0.743. The van der Waals surface area contributed by atoms with E-state index in [1.54, 1.807) is 0 Å². The van der Waals surface area contributed by atoms with Gasteiger partial charge in [-0.25, -0.2) is 9.97 Å². The fraction of sp³-hybridized carbons (Fsp3) is 0.0244. The Labute approximate surface area is 260 Å². The molecule has 0 aliphatic rings. The molecule has 212 valence electrons. The van der Waals surface area contributed by atoms with Gasteiger partial charge >= 0.3 is 0 Å².